The number of carbonyl (C=O) groups excluding carboxylic acids is 1. The molecule has 1 aliphatic rings. The lowest BCUT2D eigenvalue weighted by molar-refractivity contribution is -0.132. The van der Waals surface area contributed by atoms with Gasteiger partial charge < -0.3 is 4.90 Å². The highest BCUT2D eigenvalue weighted by molar-refractivity contribution is 7.11. The number of thiazole rings is 1. The van der Waals surface area contributed by atoms with Crippen LogP contribution in [0.2, 0.25) is 0 Å². The molecular formula is C16H18N2OS. The monoisotopic (exact) mass is 286 g/mol. The fraction of sp³-hybridized carbons (Fsp3) is 0.375. The molecule has 0 bridgehead atoms. The number of amides is 1. The van der Waals surface area contributed by atoms with E-state index in [9.17, 15) is 4.79 Å². The van der Waals surface area contributed by atoms with Crippen molar-refractivity contribution in [1.82, 2.24) is 9.88 Å². The van der Waals surface area contributed by atoms with Crippen LogP contribution in [0, 0.1) is 0 Å². The van der Waals surface area contributed by atoms with Gasteiger partial charge in [-0.1, -0.05) is 31.2 Å². The first-order valence-corrected chi connectivity index (χ1v) is 7.79. The minimum Gasteiger partial charge on any atom is -0.329 e. The predicted molar refractivity (Wildman–Crippen MR) is 80.6 cm³/mol. The number of aryl methyl sites for hydroxylation is 1. The lowest BCUT2D eigenvalue weighted by atomic mass is 9.94. The van der Waals surface area contributed by atoms with Gasteiger partial charge in [0.25, 0.3) is 0 Å². The van der Waals surface area contributed by atoms with Crippen LogP contribution in [0.5, 0.6) is 0 Å². The van der Waals surface area contributed by atoms with Crippen molar-refractivity contribution < 1.29 is 4.79 Å². The number of hydrogen-bond donors (Lipinski definition) is 0. The van der Waals surface area contributed by atoms with E-state index in [1.165, 1.54) is 16.0 Å². The number of nitrogens with zero attached hydrogens (tertiary/aromatic N) is 2. The molecule has 1 aromatic heterocycles. The summed E-state index contributed by atoms with van der Waals surface area (Å²) >= 11 is 1.73. The molecular weight excluding hydrogens is 268 g/mol. The van der Waals surface area contributed by atoms with Crippen LogP contribution in [0.25, 0.3) is 0 Å². The van der Waals surface area contributed by atoms with E-state index in [1.54, 1.807) is 18.3 Å². The smallest absolute Gasteiger partial charge is 0.220 e. The lowest BCUT2D eigenvalue weighted by Gasteiger charge is -2.35. The third-order valence-electron chi connectivity index (χ3n) is 3.86. The van der Waals surface area contributed by atoms with Gasteiger partial charge in [0.05, 0.1) is 6.04 Å². The highest BCUT2D eigenvalue weighted by atomic mass is 32.1. The van der Waals surface area contributed by atoms with Crippen LogP contribution in [0.1, 0.15) is 40.9 Å². The number of carbonyl (C=O) groups is 1. The van der Waals surface area contributed by atoms with Crippen molar-refractivity contribution in [2.45, 2.75) is 39.3 Å². The van der Waals surface area contributed by atoms with Crippen LogP contribution in [-0.4, -0.2) is 15.8 Å². The molecule has 0 fully saturated rings. The molecule has 4 heteroatoms. The predicted octanol–water partition coefficient (Wildman–Crippen LogP) is 3.35. The Morgan fingerprint density at radius 1 is 1.40 bits per heavy atom. The van der Waals surface area contributed by atoms with Gasteiger partial charge in [-0.2, -0.15) is 0 Å². The SMILES string of the molecule is CCc1cnc(C2Cc3ccccc3CN2C(C)=O)s1. The summed E-state index contributed by atoms with van der Waals surface area (Å²) < 4.78 is 0. The Hall–Kier alpha value is -1.68. The van der Waals surface area contributed by atoms with Crippen molar-refractivity contribution in [3.05, 3.63) is 51.5 Å². The van der Waals surface area contributed by atoms with Crippen molar-refractivity contribution in [2.75, 3.05) is 0 Å². The average molecular weight is 286 g/mol. The molecule has 1 atom stereocenters. The highest BCUT2D eigenvalue weighted by Gasteiger charge is 2.30. The molecule has 0 spiro atoms. The van der Waals surface area contributed by atoms with E-state index < -0.39 is 0 Å². The second-order valence-corrected chi connectivity index (χ2v) is 6.30. The van der Waals surface area contributed by atoms with Gasteiger partial charge in [0, 0.05) is 24.5 Å². The van der Waals surface area contributed by atoms with E-state index in [4.69, 9.17) is 0 Å². The second-order valence-electron chi connectivity index (χ2n) is 5.15. The first kappa shape index (κ1) is 13.3. The Kier molecular flexibility index (Phi) is 3.57. The molecule has 1 unspecified atom stereocenters. The molecule has 0 aliphatic carbocycles. The van der Waals surface area contributed by atoms with Gasteiger partial charge in [-0.15, -0.1) is 11.3 Å². The number of fused-ring (bicyclic) bond motifs is 1. The molecule has 0 radical (unpaired) electrons. The molecule has 0 saturated heterocycles. The van der Waals surface area contributed by atoms with Crippen molar-refractivity contribution >= 4 is 17.2 Å². The van der Waals surface area contributed by atoms with Gasteiger partial charge >= 0.3 is 0 Å². The van der Waals surface area contributed by atoms with Gasteiger partial charge in [-0.3, -0.25) is 4.79 Å². The fourth-order valence-corrected chi connectivity index (χ4v) is 3.69. The summed E-state index contributed by atoms with van der Waals surface area (Å²) in [5.41, 5.74) is 2.59. The normalized spacial score (nSPS) is 17.9. The number of rotatable bonds is 2. The first-order valence-electron chi connectivity index (χ1n) is 6.97. The minimum atomic E-state index is 0.0905. The average Bonchev–Trinajstić information content (AvgIpc) is 2.94. The van der Waals surface area contributed by atoms with Crippen molar-refractivity contribution in [1.29, 1.82) is 0 Å². The molecule has 0 N–H and O–H groups in total. The van der Waals surface area contributed by atoms with E-state index in [0.29, 0.717) is 6.54 Å². The maximum atomic E-state index is 12.0. The van der Waals surface area contributed by atoms with Gasteiger partial charge in [0.2, 0.25) is 5.91 Å². The van der Waals surface area contributed by atoms with Gasteiger partial charge in [0.1, 0.15) is 5.01 Å². The zero-order valence-corrected chi connectivity index (χ0v) is 12.6. The molecule has 1 aromatic carbocycles. The first-order chi connectivity index (χ1) is 9.69. The maximum Gasteiger partial charge on any atom is 0.220 e. The summed E-state index contributed by atoms with van der Waals surface area (Å²) in [5.74, 6) is 0.123. The van der Waals surface area contributed by atoms with Gasteiger partial charge in [0.15, 0.2) is 0 Å². The molecule has 3 nitrogen and oxygen atoms in total. The summed E-state index contributed by atoms with van der Waals surface area (Å²) in [4.78, 5) is 19.7. The van der Waals surface area contributed by atoms with Crippen LogP contribution in [-0.2, 0) is 24.2 Å². The lowest BCUT2D eigenvalue weighted by Crippen LogP contribution is -2.37. The van der Waals surface area contributed by atoms with Crippen LogP contribution in [0.3, 0.4) is 0 Å². The Morgan fingerprint density at radius 3 is 2.80 bits per heavy atom. The topological polar surface area (TPSA) is 33.2 Å². The van der Waals surface area contributed by atoms with Crippen molar-refractivity contribution in [3.63, 3.8) is 0 Å². The summed E-state index contributed by atoms with van der Waals surface area (Å²) in [7, 11) is 0. The highest BCUT2D eigenvalue weighted by Crippen LogP contribution is 2.35. The number of aromatic nitrogens is 1. The zero-order valence-electron chi connectivity index (χ0n) is 11.8. The largest absolute Gasteiger partial charge is 0.329 e. The summed E-state index contributed by atoms with van der Waals surface area (Å²) in [6, 6.07) is 8.47. The van der Waals surface area contributed by atoms with Crippen LogP contribution in [0.15, 0.2) is 30.5 Å². The van der Waals surface area contributed by atoms with Crippen LogP contribution >= 0.6 is 11.3 Å². The van der Waals surface area contributed by atoms with E-state index in [2.05, 4.69) is 30.1 Å². The summed E-state index contributed by atoms with van der Waals surface area (Å²) in [5, 5.41) is 1.06. The molecule has 2 heterocycles. The Morgan fingerprint density at radius 2 is 2.15 bits per heavy atom. The van der Waals surface area contributed by atoms with E-state index in [1.807, 2.05) is 17.2 Å². The fourth-order valence-electron chi connectivity index (χ4n) is 2.71. The molecule has 1 aliphatic heterocycles. The van der Waals surface area contributed by atoms with Gasteiger partial charge in [-0.05, 0) is 24.0 Å². The quantitative estimate of drug-likeness (QED) is 0.848. The Bertz CT molecular complexity index is 635. The molecule has 0 saturated carbocycles. The van der Waals surface area contributed by atoms with E-state index in [-0.39, 0.29) is 11.9 Å². The number of hydrogen-bond acceptors (Lipinski definition) is 3. The van der Waals surface area contributed by atoms with E-state index in [0.717, 1.165) is 17.8 Å². The molecule has 2 aromatic rings. The molecule has 1 amide bonds. The van der Waals surface area contributed by atoms with Crippen LogP contribution < -0.4 is 0 Å². The maximum absolute atomic E-state index is 12.0. The van der Waals surface area contributed by atoms with E-state index >= 15 is 0 Å². The third-order valence-corrected chi connectivity index (χ3v) is 5.10. The Balaban J connectivity index is 1.97. The third kappa shape index (κ3) is 2.36. The standard InChI is InChI=1S/C16H18N2OS/c1-3-14-9-17-16(20-14)15-8-12-6-4-5-7-13(12)10-18(15)11(2)19/h4-7,9,15H,3,8,10H2,1-2H3. The summed E-state index contributed by atoms with van der Waals surface area (Å²) in [6.07, 6.45) is 3.81. The molecule has 104 valence electrons. The second kappa shape index (κ2) is 5.37. The van der Waals surface area contributed by atoms with Crippen molar-refractivity contribution in [3.8, 4) is 0 Å². The minimum absolute atomic E-state index is 0.0905. The Labute approximate surface area is 123 Å². The van der Waals surface area contributed by atoms with Crippen molar-refractivity contribution in [2.24, 2.45) is 0 Å². The number of benzene rings is 1. The zero-order chi connectivity index (χ0) is 14.1. The van der Waals surface area contributed by atoms with Gasteiger partial charge in [-0.25, -0.2) is 4.98 Å². The summed E-state index contributed by atoms with van der Waals surface area (Å²) in [6.45, 7) is 4.47. The van der Waals surface area contributed by atoms with Crippen LogP contribution in [0.4, 0.5) is 0 Å². The molecule has 20 heavy (non-hydrogen) atoms. The molecule has 3 rings (SSSR count).